The van der Waals surface area contributed by atoms with E-state index < -0.39 is 11.9 Å². The minimum absolute atomic E-state index is 0.0167. The highest BCUT2D eigenvalue weighted by Crippen LogP contribution is 2.42. The van der Waals surface area contributed by atoms with Gasteiger partial charge < -0.3 is 33.6 Å². The summed E-state index contributed by atoms with van der Waals surface area (Å²) >= 11 is 0. The van der Waals surface area contributed by atoms with Gasteiger partial charge in [0.2, 0.25) is 11.8 Å². The molecule has 0 radical (unpaired) electrons. The Bertz CT molecular complexity index is 2270. The second kappa shape index (κ2) is 15.9. The Kier molecular flexibility index (Phi) is 10.3. The van der Waals surface area contributed by atoms with Crippen molar-refractivity contribution in [3.8, 4) is 22.9 Å². The van der Waals surface area contributed by atoms with E-state index >= 15 is 0 Å². The Morgan fingerprint density at radius 3 is 2.25 bits per heavy atom. The maximum Gasteiger partial charge on any atom is 0.255 e. The molecular formula is C43H52N10O7. The van der Waals surface area contributed by atoms with Crippen LogP contribution in [0.5, 0.6) is 11.5 Å². The van der Waals surface area contributed by atoms with E-state index in [0.29, 0.717) is 30.9 Å². The van der Waals surface area contributed by atoms with E-state index in [4.69, 9.17) is 18.9 Å². The van der Waals surface area contributed by atoms with Crippen molar-refractivity contribution >= 4 is 40.1 Å². The molecule has 6 aliphatic rings. The van der Waals surface area contributed by atoms with Crippen LogP contribution < -0.4 is 24.6 Å². The van der Waals surface area contributed by atoms with E-state index in [9.17, 15) is 14.4 Å². The number of carbonyl (C=O) groups is 3. The minimum Gasteiger partial charge on any atom is -0.494 e. The number of carbonyl (C=O) groups excluding carboxylic acids is 3. The summed E-state index contributed by atoms with van der Waals surface area (Å²) in [6, 6.07) is 11.2. The number of H-pyrrole nitrogens is 1. The first-order valence-corrected chi connectivity index (χ1v) is 21.2. The van der Waals surface area contributed by atoms with Crippen LogP contribution in [0.2, 0.25) is 0 Å². The van der Waals surface area contributed by atoms with Gasteiger partial charge in [-0.15, -0.1) is 0 Å². The van der Waals surface area contributed by atoms with Crippen LogP contribution in [0.3, 0.4) is 0 Å². The highest BCUT2D eigenvalue weighted by atomic mass is 16.6. The number of hydrogen-bond donors (Lipinski definition) is 2. The molecule has 60 heavy (non-hydrogen) atoms. The van der Waals surface area contributed by atoms with Gasteiger partial charge in [0.1, 0.15) is 35.3 Å². The lowest BCUT2D eigenvalue weighted by atomic mass is 10.0. The molecule has 17 heteroatoms. The number of aromatic amines is 1. The van der Waals surface area contributed by atoms with Gasteiger partial charge in [0.25, 0.3) is 5.91 Å². The van der Waals surface area contributed by atoms with Crippen molar-refractivity contribution < 1.29 is 33.3 Å². The lowest BCUT2D eigenvalue weighted by Gasteiger charge is -2.40. The Morgan fingerprint density at radius 1 is 0.867 bits per heavy atom. The fourth-order valence-electron chi connectivity index (χ4n) is 9.25. The predicted molar refractivity (Wildman–Crippen MR) is 221 cm³/mol. The first-order valence-electron chi connectivity index (χ1n) is 21.2. The van der Waals surface area contributed by atoms with Gasteiger partial charge >= 0.3 is 0 Å². The van der Waals surface area contributed by atoms with E-state index in [1.165, 1.54) is 0 Å². The zero-order valence-corrected chi connectivity index (χ0v) is 34.2. The second-order valence-electron chi connectivity index (χ2n) is 17.1. The number of anilines is 2. The molecule has 0 bridgehead atoms. The van der Waals surface area contributed by atoms with E-state index in [0.717, 1.165) is 123 Å². The van der Waals surface area contributed by atoms with Gasteiger partial charge in [0.05, 0.1) is 61.7 Å². The largest absolute Gasteiger partial charge is 0.494 e. The molecule has 2 aromatic carbocycles. The van der Waals surface area contributed by atoms with E-state index in [-0.39, 0.29) is 42.6 Å². The number of imide groups is 1. The highest BCUT2D eigenvalue weighted by Gasteiger charge is 2.42. The molecule has 2 N–H and O–H groups in total. The van der Waals surface area contributed by atoms with Gasteiger partial charge in [-0.2, -0.15) is 5.10 Å². The molecule has 3 amide bonds. The van der Waals surface area contributed by atoms with Gasteiger partial charge in [0, 0.05) is 94.4 Å². The standard InChI is InChI=1S/C43H52N10O7/c1-43(9-10-43)60-27-3-5-33-31(19-27)39(48-47-33)34-20-37(45-26-44-34)52-17-13-50(14-18-52)22-29-25-58-28(24-59-29)21-49-11-15-51(16-12-49)35-6-4-30-32(40(35)57-2)23-53(42(30)56)36-7-8-38(54)46-41(36)55/h3-6,19-20,26,28-29,36H,7-18,21-25H2,1-2H3,(H,47,48)(H,46,54,55)/t28-,29+,36?/m1/s1. The quantitative estimate of drug-likeness (QED) is 0.212. The fraction of sp³-hybridized carbons (Fsp3) is 0.535. The zero-order chi connectivity index (χ0) is 41.0. The van der Waals surface area contributed by atoms with Crippen LogP contribution in [0.25, 0.3) is 22.3 Å². The Labute approximate surface area is 348 Å². The van der Waals surface area contributed by atoms with Crippen molar-refractivity contribution in [2.75, 3.05) is 95.6 Å². The maximum atomic E-state index is 13.3. The molecule has 17 nitrogen and oxygen atoms in total. The van der Waals surface area contributed by atoms with Crippen molar-refractivity contribution in [1.29, 1.82) is 0 Å². The predicted octanol–water partition coefficient (Wildman–Crippen LogP) is 2.45. The zero-order valence-electron chi connectivity index (χ0n) is 34.2. The van der Waals surface area contributed by atoms with Crippen molar-refractivity contribution in [2.45, 2.75) is 63.0 Å². The number of piperazine rings is 2. The van der Waals surface area contributed by atoms with Gasteiger partial charge in [0.15, 0.2) is 0 Å². The molecule has 1 unspecified atom stereocenters. The number of hydrogen-bond acceptors (Lipinski definition) is 14. The Hall–Kier alpha value is -5.36. The molecule has 1 aliphatic carbocycles. The Balaban J connectivity index is 0.673. The smallest absolute Gasteiger partial charge is 0.255 e. The van der Waals surface area contributed by atoms with Crippen LogP contribution in [0.1, 0.15) is 48.5 Å². The van der Waals surface area contributed by atoms with Crippen LogP contribution in [-0.4, -0.2) is 162 Å². The van der Waals surface area contributed by atoms with Gasteiger partial charge in [-0.1, -0.05) is 0 Å². The summed E-state index contributed by atoms with van der Waals surface area (Å²) in [5.41, 5.74) is 4.79. The van der Waals surface area contributed by atoms with Crippen LogP contribution in [-0.2, 0) is 25.6 Å². The van der Waals surface area contributed by atoms with Gasteiger partial charge in [-0.05, 0) is 56.5 Å². The summed E-state index contributed by atoms with van der Waals surface area (Å²) in [7, 11) is 1.63. The molecule has 2 aromatic heterocycles. The molecule has 4 saturated heterocycles. The molecule has 7 heterocycles. The first kappa shape index (κ1) is 38.8. The number of methoxy groups -OCH3 is 1. The van der Waals surface area contributed by atoms with Crippen LogP contribution in [0.4, 0.5) is 11.5 Å². The normalized spacial score (nSPS) is 24.8. The maximum absolute atomic E-state index is 13.3. The third kappa shape index (κ3) is 7.74. The van der Waals surface area contributed by atoms with E-state index in [2.05, 4.69) is 58.1 Å². The number of nitrogens with zero attached hydrogens (tertiary/aromatic N) is 8. The molecule has 1 saturated carbocycles. The summed E-state index contributed by atoms with van der Waals surface area (Å²) in [6.07, 6.45) is 4.39. The van der Waals surface area contributed by atoms with Gasteiger partial charge in [-0.3, -0.25) is 34.6 Å². The summed E-state index contributed by atoms with van der Waals surface area (Å²) in [4.78, 5) is 57.9. The van der Waals surface area contributed by atoms with Crippen LogP contribution in [0, 0.1) is 0 Å². The number of nitrogens with one attached hydrogen (secondary N) is 2. The molecule has 5 aliphatic heterocycles. The molecule has 4 aromatic rings. The number of rotatable bonds is 11. The van der Waals surface area contributed by atoms with Crippen molar-refractivity contribution in [1.82, 2.24) is 40.2 Å². The summed E-state index contributed by atoms with van der Waals surface area (Å²) in [5, 5.41) is 11.1. The number of piperidine rings is 1. The van der Waals surface area contributed by atoms with Crippen molar-refractivity contribution in [3.63, 3.8) is 0 Å². The number of aromatic nitrogens is 4. The molecular weight excluding hydrogens is 769 g/mol. The molecule has 5 fully saturated rings. The number of ether oxygens (including phenoxy) is 4. The highest BCUT2D eigenvalue weighted by molar-refractivity contribution is 6.06. The monoisotopic (exact) mass is 820 g/mol. The van der Waals surface area contributed by atoms with E-state index in [1.807, 2.05) is 30.3 Å². The average Bonchev–Trinajstić information content (AvgIpc) is 3.68. The van der Waals surface area contributed by atoms with Crippen LogP contribution in [0.15, 0.2) is 42.7 Å². The van der Waals surface area contributed by atoms with Crippen molar-refractivity contribution in [2.24, 2.45) is 0 Å². The lowest BCUT2D eigenvalue weighted by Crippen LogP contribution is -2.53. The second-order valence-corrected chi connectivity index (χ2v) is 17.1. The molecule has 10 rings (SSSR count). The number of amides is 3. The van der Waals surface area contributed by atoms with Crippen molar-refractivity contribution in [3.05, 3.63) is 53.9 Å². The Morgan fingerprint density at radius 2 is 1.58 bits per heavy atom. The van der Waals surface area contributed by atoms with E-state index in [1.54, 1.807) is 18.3 Å². The fourth-order valence-corrected chi connectivity index (χ4v) is 9.25. The first-order chi connectivity index (χ1) is 29.2. The number of benzene rings is 2. The third-order valence-electron chi connectivity index (χ3n) is 13.0. The van der Waals surface area contributed by atoms with Crippen LogP contribution >= 0.6 is 0 Å². The molecule has 3 atom stereocenters. The lowest BCUT2D eigenvalue weighted by molar-refractivity contribution is -0.145. The van der Waals surface area contributed by atoms with Gasteiger partial charge in [-0.25, -0.2) is 9.97 Å². The molecule has 316 valence electrons. The average molecular weight is 821 g/mol. The minimum atomic E-state index is -0.663. The third-order valence-corrected chi connectivity index (χ3v) is 13.0. The summed E-state index contributed by atoms with van der Waals surface area (Å²) < 4.78 is 24.9. The topological polar surface area (TPSA) is 171 Å². The number of fused-ring (bicyclic) bond motifs is 2. The summed E-state index contributed by atoms with van der Waals surface area (Å²) in [5.74, 6) is 1.51. The summed E-state index contributed by atoms with van der Waals surface area (Å²) in [6.45, 7) is 12.0. The molecule has 0 spiro atoms. The SMILES string of the molecule is COc1c(N2CCN(C[C@@H]3CO[C@@H](CN4CCN(c5cc(-c6[nH]nc7ccc(OC8(C)CC8)cc67)ncn5)CC4)CO3)CC2)ccc2c1CN(C1CCC(=O)NC1=O)C2=O.